The second-order valence-electron chi connectivity index (χ2n) is 4.93. The van der Waals surface area contributed by atoms with Crippen molar-refractivity contribution in [3.8, 4) is 5.75 Å². The average Bonchev–Trinajstić information content (AvgIpc) is 2.88. The zero-order chi connectivity index (χ0) is 13.0. The summed E-state index contributed by atoms with van der Waals surface area (Å²) < 4.78 is 5.25. The lowest BCUT2D eigenvalue weighted by atomic mass is 10.2. The van der Waals surface area contributed by atoms with Gasteiger partial charge in [0.15, 0.2) is 0 Å². The summed E-state index contributed by atoms with van der Waals surface area (Å²) in [5.74, 6) is 0.818. The number of likely N-dealkylation sites (tertiary alicyclic amines) is 1. The van der Waals surface area contributed by atoms with E-state index in [1.165, 1.54) is 25.9 Å². The van der Waals surface area contributed by atoms with Crippen LogP contribution in [0, 0.1) is 0 Å². The summed E-state index contributed by atoms with van der Waals surface area (Å²) in [4.78, 5) is 4.75. The van der Waals surface area contributed by atoms with Gasteiger partial charge in [0.05, 0.1) is 7.11 Å². The molecule has 100 valence electrons. The molecule has 1 aliphatic heterocycles. The molecule has 0 aliphatic carbocycles. The first-order chi connectivity index (χ1) is 8.69. The maximum absolute atomic E-state index is 5.87. The van der Waals surface area contributed by atoms with Crippen molar-refractivity contribution in [2.24, 2.45) is 0 Å². The molecule has 18 heavy (non-hydrogen) atoms. The molecule has 0 amide bonds. The molecular formula is C14H23N3O. The molecule has 2 rings (SSSR count). The van der Waals surface area contributed by atoms with Crippen LogP contribution in [0.4, 0.5) is 11.4 Å². The van der Waals surface area contributed by atoms with Crippen LogP contribution in [0.2, 0.25) is 0 Å². The number of nitrogens with zero attached hydrogens (tertiary/aromatic N) is 2. The van der Waals surface area contributed by atoms with Gasteiger partial charge in [0.25, 0.3) is 0 Å². The molecule has 1 aromatic rings. The highest BCUT2D eigenvalue weighted by Gasteiger charge is 2.12. The normalized spacial score (nSPS) is 15.9. The van der Waals surface area contributed by atoms with Gasteiger partial charge in [-0.25, -0.2) is 0 Å². The molecule has 1 aromatic carbocycles. The van der Waals surface area contributed by atoms with Gasteiger partial charge >= 0.3 is 0 Å². The molecule has 0 saturated carbocycles. The van der Waals surface area contributed by atoms with Crippen molar-refractivity contribution < 1.29 is 4.74 Å². The molecule has 0 atom stereocenters. The van der Waals surface area contributed by atoms with E-state index < -0.39 is 0 Å². The van der Waals surface area contributed by atoms with Crippen LogP contribution in [0.5, 0.6) is 5.75 Å². The third-order valence-corrected chi connectivity index (χ3v) is 3.54. The van der Waals surface area contributed by atoms with E-state index in [2.05, 4.69) is 16.8 Å². The summed E-state index contributed by atoms with van der Waals surface area (Å²) in [5.41, 5.74) is 7.74. The summed E-state index contributed by atoms with van der Waals surface area (Å²) in [6.45, 7) is 4.63. The Hall–Kier alpha value is -1.42. The third-order valence-electron chi connectivity index (χ3n) is 3.54. The quantitative estimate of drug-likeness (QED) is 0.808. The molecule has 1 heterocycles. The zero-order valence-corrected chi connectivity index (χ0v) is 11.4. The van der Waals surface area contributed by atoms with Crippen molar-refractivity contribution in [2.45, 2.75) is 12.8 Å². The lowest BCUT2D eigenvalue weighted by Crippen LogP contribution is -2.31. The maximum atomic E-state index is 5.87. The number of nitrogen functional groups attached to an aromatic ring is 1. The first-order valence-corrected chi connectivity index (χ1v) is 6.57. The molecule has 1 saturated heterocycles. The fraction of sp³-hybridized carbons (Fsp3) is 0.571. The van der Waals surface area contributed by atoms with E-state index in [1.54, 1.807) is 7.11 Å². The fourth-order valence-electron chi connectivity index (χ4n) is 2.37. The van der Waals surface area contributed by atoms with E-state index in [9.17, 15) is 0 Å². The van der Waals surface area contributed by atoms with Gasteiger partial charge in [-0.2, -0.15) is 0 Å². The minimum Gasteiger partial charge on any atom is -0.497 e. The monoisotopic (exact) mass is 249 g/mol. The number of nitrogens with two attached hydrogens (primary N) is 1. The van der Waals surface area contributed by atoms with Crippen molar-refractivity contribution in [1.82, 2.24) is 4.90 Å². The Labute approximate surface area is 109 Å². The van der Waals surface area contributed by atoms with Crippen LogP contribution in [0.1, 0.15) is 12.8 Å². The van der Waals surface area contributed by atoms with E-state index in [0.717, 1.165) is 30.2 Å². The Kier molecular flexibility index (Phi) is 4.31. The van der Waals surface area contributed by atoms with Gasteiger partial charge in [0.1, 0.15) is 5.75 Å². The van der Waals surface area contributed by atoms with Crippen LogP contribution in [-0.2, 0) is 0 Å². The third kappa shape index (κ3) is 3.29. The minimum absolute atomic E-state index is 0.748. The molecule has 0 radical (unpaired) electrons. The van der Waals surface area contributed by atoms with E-state index in [-0.39, 0.29) is 0 Å². The SMILES string of the molecule is COc1cc(N)cc(N(C)CCN2CCCC2)c1. The largest absolute Gasteiger partial charge is 0.497 e. The zero-order valence-electron chi connectivity index (χ0n) is 11.4. The lowest BCUT2D eigenvalue weighted by molar-refractivity contribution is 0.346. The summed E-state index contributed by atoms with van der Waals surface area (Å²) in [5, 5.41) is 0. The van der Waals surface area contributed by atoms with Crippen molar-refractivity contribution in [3.05, 3.63) is 18.2 Å². The molecule has 2 N–H and O–H groups in total. The van der Waals surface area contributed by atoms with Crippen LogP contribution in [0.15, 0.2) is 18.2 Å². The predicted molar refractivity (Wildman–Crippen MR) is 76.4 cm³/mol. The van der Waals surface area contributed by atoms with Gasteiger partial charge in [-0.3, -0.25) is 0 Å². The number of rotatable bonds is 5. The summed E-state index contributed by atoms with van der Waals surface area (Å²) in [6, 6.07) is 5.87. The van der Waals surface area contributed by atoms with Gasteiger partial charge < -0.3 is 20.3 Å². The average molecular weight is 249 g/mol. The second-order valence-corrected chi connectivity index (χ2v) is 4.93. The number of hydrogen-bond acceptors (Lipinski definition) is 4. The topological polar surface area (TPSA) is 41.7 Å². The Morgan fingerprint density at radius 1 is 1.28 bits per heavy atom. The Morgan fingerprint density at radius 2 is 2.00 bits per heavy atom. The van der Waals surface area contributed by atoms with Crippen molar-refractivity contribution in [2.75, 3.05) is 51.0 Å². The fourth-order valence-corrected chi connectivity index (χ4v) is 2.37. The van der Waals surface area contributed by atoms with Crippen molar-refractivity contribution >= 4 is 11.4 Å². The van der Waals surface area contributed by atoms with Gasteiger partial charge in [-0.15, -0.1) is 0 Å². The molecule has 4 nitrogen and oxygen atoms in total. The lowest BCUT2D eigenvalue weighted by Gasteiger charge is -2.23. The standard InChI is InChI=1S/C14H23N3O/c1-16(7-8-17-5-3-4-6-17)13-9-12(15)10-14(11-13)18-2/h9-11H,3-8,15H2,1-2H3. The molecule has 1 fully saturated rings. The van der Waals surface area contributed by atoms with Gasteiger partial charge in [-0.05, 0) is 32.0 Å². The number of likely N-dealkylation sites (N-methyl/N-ethyl adjacent to an activating group) is 1. The first kappa shape index (κ1) is 13.0. The molecule has 0 bridgehead atoms. The minimum atomic E-state index is 0.748. The van der Waals surface area contributed by atoms with E-state index in [1.807, 2.05) is 18.2 Å². The highest BCUT2D eigenvalue weighted by atomic mass is 16.5. The number of anilines is 2. The van der Waals surface area contributed by atoms with Crippen LogP contribution < -0.4 is 15.4 Å². The molecule has 0 unspecified atom stereocenters. The maximum Gasteiger partial charge on any atom is 0.122 e. The number of benzene rings is 1. The smallest absolute Gasteiger partial charge is 0.122 e. The molecule has 0 spiro atoms. The van der Waals surface area contributed by atoms with Gasteiger partial charge in [0, 0.05) is 43.6 Å². The van der Waals surface area contributed by atoms with Gasteiger partial charge in [-0.1, -0.05) is 0 Å². The van der Waals surface area contributed by atoms with Crippen molar-refractivity contribution in [1.29, 1.82) is 0 Å². The Morgan fingerprint density at radius 3 is 2.67 bits per heavy atom. The number of hydrogen-bond donors (Lipinski definition) is 1. The van der Waals surface area contributed by atoms with Crippen LogP contribution in [0.3, 0.4) is 0 Å². The molecule has 0 aromatic heterocycles. The Bertz CT molecular complexity index is 389. The molecule has 1 aliphatic rings. The molecule has 4 heteroatoms. The Balaban J connectivity index is 1.94. The summed E-state index contributed by atoms with van der Waals surface area (Å²) in [6.07, 6.45) is 2.69. The van der Waals surface area contributed by atoms with Crippen LogP contribution in [0.25, 0.3) is 0 Å². The van der Waals surface area contributed by atoms with Crippen LogP contribution >= 0.6 is 0 Å². The number of ether oxygens (including phenoxy) is 1. The highest BCUT2D eigenvalue weighted by Crippen LogP contribution is 2.24. The van der Waals surface area contributed by atoms with Crippen molar-refractivity contribution in [3.63, 3.8) is 0 Å². The van der Waals surface area contributed by atoms with Crippen LogP contribution in [-0.4, -0.2) is 45.2 Å². The van der Waals surface area contributed by atoms with E-state index in [0.29, 0.717) is 0 Å². The predicted octanol–water partition coefficient (Wildman–Crippen LogP) is 1.81. The summed E-state index contributed by atoms with van der Waals surface area (Å²) >= 11 is 0. The highest BCUT2D eigenvalue weighted by molar-refractivity contribution is 5.60. The van der Waals surface area contributed by atoms with E-state index >= 15 is 0 Å². The molecular weight excluding hydrogens is 226 g/mol. The number of methoxy groups -OCH3 is 1. The van der Waals surface area contributed by atoms with Gasteiger partial charge in [0.2, 0.25) is 0 Å². The first-order valence-electron chi connectivity index (χ1n) is 6.57. The summed E-state index contributed by atoms with van der Waals surface area (Å²) in [7, 11) is 3.77. The second kappa shape index (κ2) is 5.96. The van der Waals surface area contributed by atoms with E-state index in [4.69, 9.17) is 10.5 Å².